The number of carbonyl (C=O) groups excluding carboxylic acids is 1. The van der Waals surface area contributed by atoms with Crippen LogP contribution in [-0.2, 0) is 16.0 Å². The van der Waals surface area contributed by atoms with Crippen LogP contribution in [0.1, 0.15) is 25.0 Å². The van der Waals surface area contributed by atoms with Gasteiger partial charge in [-0.1, -0.05) is 12.1 Å². The Morgan fingerprint density at radius 2 is 2.07 bits per heavy atom. The number of amides is 1. The number of piperidine rings is 1. The first-order valence-electron chi connectivity index (χ1n) is 8.95. The quantitative estimate of drug-likeness (QED) is 0.654. The molecule has 28 heavy (non-hydrogen) atoms. The Labute approximate surface area is 181 Å². The molecule has 1 aliphatic heterocycles. The molecule has 2 N–H and O–H groups in total. The molecular weight excluding hydrogens is 424 g/mol. The van der Waals surface area contributed by atoms with Crippen molar-refractivity contribution in [3.05, 3.63) is 41.2 Å². The summed E-state index contributed by atoms with van der Waals surface area (Å²) in [5, 5.41) is 2.61. The van der Waals surface area contributed by atoms with Gasteiger partial charge >= 0.3 is 0 Å². The first-order chi connectivity index (χ1) is 12.7. The lowest BCUT2D eigenvalue weighted by Gasteiger charge is -2.32. The maximum Gasteiger partial charge on any atom is 0.228 e. The SMILES string of the molecule is Cl.Cl.NCCCOC1CCN(C(=O)Cc2csc(-c3cccc(F)c3)n2)CC1. The summed E-state index contributed by atoms with van der Waals surface area (Å²) in [6, 6.07) is 6.35. The fourth-order valence-electron chi connectivity index (χ4n) is 3.01. The third-order valence-corrected chi connectivity index (χ3v) is 5.39. The molecule has 1 fully saturated rings. The average molecular weight is 450 g/mol. The largest absolute Gasteiger partial charge is 0.378 e. The van der Waals surface area contributed by atoms with Crippen LogP contribution in [0.4, 0.5) is 4.39 Å². The lowest BCUT2D eigenvalue weighted by atomic mass is 10.1. The van der Waals surface area contributed by atoms with Gasteiger partial charge in [0.15, 0.2) is 0 Å². The second-order valence-corrected chi connectivity index (χ2v) is 7.28. The van der Waals surface area contributed by atoms with Crippen LogP contribution in [0.5, 0.6) is 0 Å². The van der Waals surface area contributed by atoms with E-state index in [1.807, 2.05) is 16.3 Å². The van der Waals surface area contributed by atoms with Crippen LogP contribution in [0, 0.1) is 5.82 Å². The number of likely N-dealkylation sites (tertiary alicyclic amines) is 1. The topological polar surface area (TPSA) is 68.5 Å². The van der Waals surface area contributed by atoms with Crippen LogP contribution >= 0.6 is 36.2 Å². The zero-order valence-corrected chi connectivity index (χ0v) is 18.0. The summed E-state index contributed by atoms with van der Waals surface area (Å²) in [7, 11) is 0. The molecule has 9 heteroatoms. The van der Waals surface area contributed by atoms with Crippen LogP contribution in [0.25, 0.3) is 10.6 Å². The monoisotopic (exact) mass is 449 g/mol. The number of nitrogens with two attached hydrogens (primary N) is 1. The number of hydrogen-bond donors (Lipinski definition) is 1. The highest BCUT2D eigenvalue weighted by Gasteiger charge is 2.23. The minimum atomic E-state index is -0.285. The molecule has 1 aromatic carbocycles. The molecule has 0 atom stereocenters. The van der Waals surface area contributed by atoms with Gasteiger partial charge in [0.25, 0.3) is 0 Å². The molecule has 0 saturated carbocycles. The van der Waals surface area contributed by atoms with Gasteiger partial charge < -0.3 is 15.4 Å². The normalized spacial score (nSPS) is 14.3. The number of ether oxygens (including phenoxy) is 1. The Kier molecular flexibility index (Phi) is 10.9. The zero-order chi connectivity index (χ0) is 18.4. The minimum absolute atomic E-state index is 0. The van der Waals surface area contributed by atoms with Crippen molar-refractivity contribution in [1.82, 2.24) is 9.88 Å². The van der Waals surface area contributed by atoms with E-state index in [1.165, 1.54) is 23.5 Å². The number of aromatic nitrogens is 1. The summed E-state index contributed by atoms with van der Waals surface area (Å²) in [4.78, 5) is 18.9. The summed E-state index contributed by atoms with van der Waals surface area (Å²) >= 11 is 1.43. The van der Waals surface area contributed by atoms with Crippen LogP contribution in [0.2, 0.25) is 0 Å². The van der Waals surface area contributed by atoms with E-state index < -0.39 is 0 Å². The summed E-state index contributed by atoms with van der Waals surface area (Å²) in [6.45, 7) is 2.76. The first kappa shape index (κ1) is 24.8. The van der Waals surface area contributed by atoms with E-state index in [9.17, 15) is 9.18 Å². The maximum absolute atomic E-state index is 13.3. The molecule has 1 saturated heterocycles. The molecule has 0 unspecified atom stereocenters. The van der Waals surface area contributed by atoms with Crippen molar-refractivity contribution in [3.8, 4) is 10.6 Å². The number of nitrogens with zero attached hydrogens (tertiary/aromatic N) is 2. The van der Waals surface area contributed by atoms with Gasteiger partial charge in [-0.3, -0.25) is 4.79 Å². The number of rotatable bonds is 7. The predicted molar refractivity (Wildman–Crippen MR) is 115 cm³/mol. The van der Waals surface area contributed by atoms with E-state index in [2.05, 4.69) is 4.98 Å². The van der Waals surface area contributed by atoms with Crippen LogP contribution < -0.4 is 5.73 Å². The lowest BCUT2D eigenvalue weighted by molar-refractivity contribution is -0.133. The van der Waals surface area contributed by atoms with E-state index >= 15 is 0 Å². The third-order valence-electron chi connectivity index (χ3n) is 4.45. The number of hydrogen-bond acceptors (Lipinski definition) is 5. The van der Waals surface area contributed by atoms with Crippen LogP contribution in [0.3, 0.4) is 0 Å². The van der Waals surface area contributed by atoms with Gasteiger partial charge in [0.2, 0.25) is 5.91 Å². The van der Waals surface area contributed by atoms with Crippen molar-refractivity contribution >= 4 is 42.1 Å². The zero-order valence-electron chi connectivity index (χ0n) is 15.5. The van der Waals surface area contributed by atoms with Gasteiger partial charge in [0, 0.05) is 30.6 Å². The van der Waals surface area contributed by atoms with Crippen molar-refractivity contribution in [1.29, 1.82) is 0 Å². The maximum atomic E-state index is 13.3. The molecule has 1 aromatic heterocycles. The highest BCUT2D eigenvalue weighted by Crippen LogP contribution is 2.25. The van der Waals surface area contributed by atoms with Crippen LogP contribution in [-0.4, -0.2) is 48.1 Å². The molecule has 3 rings (SSSR count). The molecule has 0 aliphatic carbocycles. The van der Waals surface area contributed by atoms with Crippen molar-refractivity contribution in [2.45, 2.75) is 31.8 Å². The fraction of sp³-hybridized carbons (Fsp3) is 0.474. The predicted octanol–water partition coefficient (Wildman–Crippen LogP) is 3.69. The molecule has 2 heterocycles. The Bertz CT molecular complexity index is 739. The Morgan fingerprint density at radius 3 is 2.75 bits per heavy atom. The second-order valence-electron chi connectivity index (χ2n) is 6.42. The molecule has 156 valence electrons. The van der Waals surface area contributed by atoms with Gasteiger partial charge in [0.1, 0.15) is 10.8 Å². The summed E-state index contributed by atoms with van der Waals surface area (Å²) in [5.74, 6) is -0.201. The first-order valence-corrected chi connectivity index (χ1v) is 9.83. The van der Waals surface area contributed by atoms with Gasteiger partial charge in [0.05, 0.1) is 18.2 Å². The van der Waals surface area contributed by atoms with Crippen molar-refractivity contribution in [3.63, 3.8) is 0 Å². The summed E-state index contributed by atoms with van der Waals surface area (Å²) in [6.07, 6.45) is 3.11. The highest BCUT2D eigenvalue weighted by molar-refractivity contribution is 7.13. The molecule has 0 radical (unpaired) electrons. The van der Waals surface area contributed by atoms with Crippen molar-refractivity contribution in [2.75, 3.05) is 26.2 Å². The average Bonchev–Trinajstić information content (AvgIpc) is 3.11. The third kappa shape index (κ3) is 6.97. The van der Waals surface area contributed by atoms with E-state index in [0.717, 1.165) is 35.5 Å². The van der Waals surface area contributed by atoms with Gasteiger partial charge in [-0.2, -0.15) is 0 Å². The van der Waals surface area contributed by atoms with E-state index in [0.29, 0.717) is 26.2 Å². The smallest absolute Gasteiger partial charge is 0.228 e. The molecule has 5 nitrogen and oxygen atoms in total. The highest BCUT2D eigenvalue weighted by atomic mass is 35.5. The van der Waals surface area contributed by atoms with Crippen molar-refractivity contribution < 1.29 is 13.9 Å². The molecule has 0 spiro atoms. The Balaban J connectivity index is 0.00000196. The van der Waals surface area contributed by atoms with Gasteiger partial charge in [-0.05, 0) is 37.9 Å². The number of benzene rings is 1. The Morgan fingerprint density at radius 1 is 1.32 bits per heavy atom. The van der Waals surface area contributed by atoms with Gasteiger partial charge in [-0.25, -0.2) is 9.37 Å². The second kappa shape index (κ2) is 12.3. The van der Waals surface area contributed by atoms with Crippen LogP contribution in [0.15, 0.2) is 29.6 Å². The van der Waals surface area contributed by atoms with Crippen molar-refractivity contribution in [2.24, 2.45) is 5.73 Å². The molecule has 2 aromatic rings. The number of carbonyl (C=O) groups is 1. The number of halogens is 3. The molecular formula is C19H26Cl2FN3O2S. The standard InChI is InChI=1S/C19H24FN3O2S.2ClH/c20-15-4-1-3-14(11-15)19-22-16(13-26-19)12-18(24)23-8-5-17(6-9-23)25-10-2-7-21;;/h1,3-4,11,13,17H,2,5-10,12,21H2;2*1H. The van der Waals surface area contributed by atoms with E-state index in [4.69, 9.17) is 10.5 Å². The molecule has 1 amide bonds. The summed E-state index contributed by atoms with van der Waals surface area (Å²) < 4.78 is 19.1. The van der Waals surface area contributed by atoms with E-state index in [1.54, 1.807) is 6.07 Å². The summed E-state index contributed by atoms with van der Waals surface area (Å²) in [5.41, 5.74) is 6.95. The van der Waals surface area contributed by atoms with E-state index in [-0.39, 0.29) is 49.1 Å². The fourth-order valence-corrected chi connectivity index (χ4v) is 3.83. The van der Waals surface area contributed by atoms with Gasteiger partial charge in [-0.15, -0.1) is 36.2 Å². The molecule has 1 aliphatic rings. The molecule has 0 bridgehead atoms. The Hall–Kier alpha value is -1.25. The number of thiazole rings is 1. The minimum Gasteiger partial charge on any atom is -0.378 e. The lowest BCUT2D eigenvalue weighted by Crippen LogP contribution is -2.41.